The SMILES string of the molecule is C[C@@H](OCc1ccccc1)C(=O)N1C(=O)[C@]2(C)CC[C@H]1C2(C)C. The van der Waals surface area contributed by atoms with Gasteiger partial charge in [-0.2, -0.15) is 0 Å². The van der Waals surface area contributed by atoms with Crippen molar-refractivity contribution >= 4 is 11.8 Å². The molecule has 1 saturated carbocycles. The van der Waals surface area contributed by atoms with E-state index in [2.05, 4.69) is 13.8 Å². The molecule has 0 radical (unpaired) electrons. The monoisotopic (exact) mass is 315 g/mol. The van der Waals surface area contributed by atoms with Gasteiger partial charge in [0.25, 0.3) is 5.91 Å². The van der Waals surface area contributed by atoms with Crippen molar-refractivity contribution < 1.29 is 14.3 Å². The summed E-state index contributed by atoms with van der Waals surface area (Å²) in [5.41, 5.74) is 0.430. The summed E-state index contributed by atoms with van der Waals surface area (Å²) >= 11 is 0. The van der Waals surface area contributed by atoms with Gasteiger partial charge >= 0.3 is 0 Å². The molecule has 3 rings (SSSR count). The molecule has 1 aromatic carbocycles. The van der Waals surface area contributed by atoms with Gasteiger partial charge in [-0.15, -0.1) is 0 Å². The van der Waals surface area contributed by atoms with Crippen molar-refractivity contribution in [2.45, 2.75) is 59.3 Å². The molecular formula is C19H25NO3. The van der Waals surface area contributed by atoms with E-state index in [0.717, 1.165) is 18.4 Å². The molecular weight excluding hydrogens is 290 g/mol. The highest BCUT2D eigenvalue weighted by atomic mass is 16.5. The van der Waals surface area contributed by atoms with Crippen LogP contribution in [0.25, 0.3) is 0 Å². The van der Waals surface area contributed by atoms with E-state index in [1.54, 1.807) is 6.92 Å². The van der Waals surface area contributed by atoms with E-state index in [-0.39, 0.29) is 23.3 Å². The van der Waals surface area contributed by atoms with Gasteiger partial charge in [-0.3, -0.25) is 14.5 Å². The maximum Gasteiger partial charge on any atom is 0.258 e. The third-order valence-corrected chi connectivity index (χ3v) is 6.10. The molecule has 1 aliphatic carbocycles. The Balaban J connectivity index is 1.70. The average molecular weight is 315 g/mol. The molecule has 0 spiro atoms. The van der Waals surface area contributed by atoms with Gasteiger partial charge in [0.1, 0.15) is 6.10 Å². The lowest BCUT2D eigenvalue weighted by Gasteiger charge is -2.30. The van der Waals surface area contributed by atoms with E-state index in [9.17, 15) is 9.59 Å². The molecule has 2 amide bonds. The zero-order chi connectivity index (χ0) is 16.8. The third kappa shape index (κ3) is 2.31. The van der Waals surface area contributed by atoms with Crippen LogP contribution in [0, 0.1) is 10.8 Å². The predicted octanol–water partition coefficient (Wildman–Crippen LogP) is 3.16. The number of benzene rings is 1. The molecule has 0 unspecified atom stereocenters. The van der Waals surface area contributed by atoms with Gasteiger partial charge in [0.15, 0.2) is 0 Å². The Hall–Kier alpha value is -1.68. The molecule has 2 fully saturated rings. The number of hydrogen-bond donors (Lipinski definition) is 0. The maximum absolute atomic E-state index is 12.8. The lowest BCUT2D eigenvalue weighted by atomic mass is 9.70. The predicted molar refractivity (Wildman–Crippen MR) is 87.5 cm³/mol. The van der Waals surface area contributed by atoms with Gasteiger partial charge in [-0.25, -0.2) is 0 Å². The maximum atomic E-state index is 12.8. The van der Waals surface area contributed by atoms with Crippen LogP contribution in [0.3, 0.4) is 0 Å². The van der Waals surface area contributed by atoms with E-state index < -0.39 is 11.5 Å². The second kappa shape index (κ2) is 5.45. The molecule has 23 heavy (non-hydrogen) atoms. The standard InChI is InChI=1S/C19H25NO3/c1-13(23-12-14-8-6-5-7-9-14)16(21)20-15-10-11-19(4,17(20)22)18(15,2)3/h5-9,13,15H,10-12H2,1-4H3/t13-,15+,19+/m1/s1. The van der Waals surface area contributed by atoms with E-state index >= 15 is 0 Å². The molecule has 1 heterocycles. The summed E-state index contributed by atoms with van der Waals surface area (Å²) in [7, 11) is 0. The van der Waals surface area contributed by atoms with Crippen molar-refractivity contribution in [2.24, 2.45) is 10.8 Å². The summed E-state index contributed by atoms with van der Waals surface area (Å²) in [5.74, 6) is -0.230. The van der Waals surface area contributed by atoms with Crippen LogP contribution < -0.4 is 0 Å². The van der Waals surface area contributed by atoms with Gasteiger partial charge in [-0.05, 0) is 30.7 Å². The second-order valence-corrected chi connectivity index (χ2v) is 7.56. The molecule has 0 N–H and O–H groups in total. The largest absolute Gasteiger partial charge is 0.364 e. The summed E-state index contributed by atoms with van der Waals surface area (Å²) in [4.78, 5) is 27.0. The van der Waals surface area contributed by atoms with E-state index in [0.29, 0.717) is 6.61 Å². The van der Waals surface area contributed by atoms with Crippen molar-refractivity contribution in [1.29, 1.82) is 0 Å². The topological polar surface area (TPSA) is 46.6 Å². The van der Waals surface area contributed by atoms with Gasteiger partial charge in [0.05, 0.1) is 12.0 Å². The number of nitrogens with zero attached hydrogens (tertiary/aromatic N) is 1. The van der Waals surface area contributed by atoms with E-state index in [1.807, 2.05) is 37.3 Å². The highest BCUT2D eigenvalue weighted by molar-refractivity contribution is 6.03. The first kappa shape index (κ1) is 16.2. The third-order valence-electron chi connectivity index (χ3n) is 6.10. The van der Waals surface area contributed by atoms with Gasteiger partial charge < -0.3 is 4.74 Å². The summed E-state index contributed by atoms with van der Waals surface area (Å²) in [6.45, 7) is 8.32. The molecule has 4 nitrogen and oxygen atoms in total. The Morgan fingerprint density at radius 2 is 1.96 bits per heavy atom. The number of fused-ring (bicyclic) bond motifs is 2. The van der Waals surface area contributed by atoms with E-state index in [1.165, 1.54) is 4.90 Å². The van der Waals surface area contributed by atoms with E-state index in [4.69, 9.17) is 4.74 Å². The zero-order valence-corrected chi connectivity index (χ0v) is 14.3. The normalized spacial score (nSPS) is 29.8. The highest BCUT2D eigenvalue weighted by Gasteiger charge is 2.67. The first-order valence-electron chi connectivity index (χ1n) is 8.32. The van der Waals surface area contributed by atoms with Crippen LogP contribution in [0.5, 0.6) is 0 Å². The van der Waals surface area contributed by atoms with Crippen LogP contribution in [0.1, 0.15) is 46.1 Å². The highest BCUT2D eigenvalue weighted by Crippen LogP contribution is 2.60. The van der Waals surface area contributed by atoms with Crippen molar-refractivity contribution in [2.75, 3.05) is 0 Å². The number of carbonyl (C=O) groups is 2. The number of ether oxygens (including phenoxy) is 1. The summed E-state index contributed by atoms with van der Waals surface area (Å²) < 4.78 is 5.72. The average Bonchev–Trinajstić information content (AvgIpc) is 2.85. The fourth-order valence-corrected chi connectivity index (χ4v) is 4.03. The number of carbonyl (C=O) groups excluding carboxylic acids is 2. The van der Waals surface area contributed by atoms with Crippen molar-refractivity contribution in [3.05, 3.63) is 35.9 Å². The first-order valence-corrected chi connectivity index (χ1v) is 8.32. The zero-order valence-electron chi connectivity index (χ0n) is 14.3. The van der Waals surface area contributed by atoms with Gasteiger partial charge in [0, 0.05) is 6.04 Å². The van der Waals surface area contributed by atoms with Gasteiger partial charge in [0.2, 0.25) is 5.91 Å². The van der Waals surface area contributed by atoms with Crippen LogP contribution in [-0.2, 0) is 20.9 Å². The Morgan fingerprint density at radius 3 is 2.52 bits per heavy atom. The summed E-state index contributed by atoms with van der Waals surface area (Å²) in [5, 5.41) is 0. The Bertz CT molecular complexity index is 625. The molecule has 0 aromatic heterocycles. The number of amides is 2. The summed E-state index contributed by atoms with van der Waals surface area (Å²) in [6, 6.07) is 9.75. The Morgan fingerprint density at radius 1 is 1.30 bits per heavy atom. The molecule has 3 atom stereocenters. The number of rotatable bonds is 4. The molecule has 1 saturated heterocycles. The van der Waals surface area contributed by atoms with Crippen molar-refractivity contribution in [1.82, 2.24) is 4.90 Å². The lowest BCUT2D eigenvalue weighted by molar-refractivity contribution is -0.156. The molecule has 1 aliphatic heterocycles. The molecule has 1 aromatic rings. The molecule has 124 valence electrons. The minimum absolute atomic E-state index is 0.00437. The fraction of sp³-hybridized carbons (Fsp3) is 0.579. The molecule has 4 heteroatoms. The second-order valence-electron chi connectivity index (χ2n) is 7.56. The smallest absolute Gasteiger partial charge is 0.258 e. The van der Waals surface area contributed by atoms with Crippen molar-refractivity contribution in [3.8, 4) is 0 Å². The minimum Gasteiger partial charge on any atom is -0.364 e. The van der Waals surface area contributed by atoms with Crippen LogP contribution in [0.2, 0.25) is 0 Å². The summed E-state index contributed by atoms with van der Waals surface area (Å²) in [6.07, 6.45) is 1.15. The first-order chi connectivity index (χ1) is 10.8. The minimum atomic E-state index is -0.613. The number of hydrogen-bond acceptors (Lipinski definition) is 3. The molecule has 2 bridgehead atoms. The Labute approximate surface area is 137 Å². The fourth-order valence-electron chi connectivity index (χ4n) is 4.03. The lowest BCUT2D eigenvalue weighted by Crippen LogP contribution is -2.48. The van der Waals surface area contributed by atoms with Crippen LogP contribution in [0.4, 0.5) is 0 Å². The number of piperidine rings is 1. The quantitative estimate of drug-likeness (QED) is 0.857. The van der Waals surface area contributed by atoms with Gasteiger partial charge in [-0.1, -0.05) is 51.1 Å². The molecule has 2 aliphatic rings. The number of likely N-dealkylation sites (tertiary alicyclic amines) is 1. The van der Waals surface area contributed by atoms with Crippen LogP contribution in [0.15, 0.2) is 30.3 Å². The van der Waals surface area contributed by atoms with Crippen LogP contribution in [-0.4, -0.2) is 28.9 Å². The van der Waals surface area contributed by atoms with Crippen molar-refractivity contribution in [3.63, 3.8) is 0 Å². The number of imide groups is 1. The van der Waals surface area contributed by atoms with Crippen LogP contribution >= 0.6 is 0 Å². The Kier molecular flexibility index (Phi) is 3.83.